The largest absolute Gasteiger partial charge is 2.00 e. The summed E-state index contributed by atoms with van der Waals surface area (Å²) in [6, 6.07) is 0. The van der Waals surface area contributed by atoms with E-state index in [9.17, 15) is 0 Å². The molecule has 2 nitrogen and oxygen atoms in total. The Balaban J connectivity index is 0. The summed E-state index contributed by atoms with van der Waals surface area (Å²) in [7, 11) is 0. The summed E-state index contributed by atoms with van der Waals surface area (Å²) in [5.41, 5.74) is -2.42. The second kappa shape index (κ2) is 12.3. The Morgan fingerprint density at radius 2 is 1.78 bits per heavy atom. The van der Waals surface area contributed by atoms with Crippen LogP contribution in [0.25, 0.3) is 0 Å². The van der Waals surface area contributed by atoms with E-state index in [1.54, 1.807) is 0 Å². The van der Waals surface area contributed by atoms with Gasteiger partial charge in [0.05, 0.1) is 18.4 Å². The molecule has 6 heteroatoms. The van der Waals surface area contributed by atoms with Crippen LogP contribution in [0.2, 0.25) is 0 Å². The summed E-state index contributed by atoms with van der Waals surface area (Å²) >= 11 is 10.4. The van der Waals surface area contributed by atoms with Gasteiger partial charge in [0.1, 0.15) is 0 Å². The Morgan fingerprint density at radius 3 is 2.28 bits per heavy atom. The SMILES string of the molecule is CCC(C)OP(=S)([S-])OCCCCCC(C)C.[Zn+2]. The first kappa shape index (κ1) is 21.8. The molecule has 18 heavy (non-hydrogen) atoms. The minimum absolute atomic E-state index is 0. The molecule has 0 amide bonds. The number of rotatable bonds is 10. The molecule has 0 aliphatic heterocycles. The maximum atomic E-state index is 5.55. The third-order valence-corrected chi connectivity index (χ3v) is 4.82. The summed E-state index contributed by atoms with van der Waals surface area (Å²) in [4.78, 5) is 0. The minimum Gasteiger partial charge on any atom is -0.691 e. The number of unbranched alkanes of at least 4 members (excludes halogenated alkanes) is 2. The van der Waals surface area contributed by atoms with Crippen LogP contribution in [0.4, 0.5) is 0 Å². The van der Waals surface area contributed by atoms with Crippen molar-refractivity contribution in [2.75, 3.05) is 6.61 Å². The van der Waals surface area contributed by atoms with Gasteiger partial charge in [-0.1, -0.05) is 51.8 Å². The average Bonchev–Trinajstić information content (AvgIpc) is 2.22. The zero-order valence-electron chi connectivity index (χ0n) is 12.2. The molecule has 0 N–H and O–H groups in total. The van der Waals surface area contributed by atoms with Gasteiger partial charge in [-0.25, -0.2) is 0 Å². The van der Waals surface area contributed by atoms with Crippen LogP contribution >= 0.6 is 5.69 Å². The average molecular weight is 363 g/mol. The van der Waals surface area contributed by atoms with Crippen molar-refractivity contribution < 1.29 is 28.5 Å². The van der Waals surface area contributed by atoms with E-state index in [0.717, 1.165) is 18.8 Å². The second-order valence-electron chi connectivity index (χ2n) is 4.85. The fraction of sp³-hybridized carbons (Fsp3) is 1.00. The molecule has 0 radical (unpaired) electrons. The molecule has 104 valence electrons. The van der Waals surface area contributed by atoms with Crippen LogP contribution in [0.5, 0.6) is 0 Å². The van der Waals surface area contributed by atoms with Crippen molar-refractivity contribution in [3.05, 3.63) is 0 Å². The summed E-state index contributed by atoms with van der Waals surface area (Å²) < 4.78 is 11.1. The van der Waals surface area contributed by atoms with Crippen molar-refractivity contribution in [3.8, 4) is 0 Å². The van der Waals surface area contributed by atoms with Crippen LogP contribution in [0.1, 0.15) is 59.8 Å². The predicted molar refractivity (Wildman–Crippen MR) is 81.7 cm³/mol. The monoisotopic (exact) mass is 361 g/mol. The summed E-state index contributed by atoms with van der Waals surface area (Å²) in [6.45, 7) is 9.19. The van der Waals surface area contributed by atoms with Crippen LogP contribution in [-0.2, 0) is 52.6 Å². The summed E-state index contributed by atoms with van der Waals surface area (Å²) in [5, 5.41) is 0. The molecule has 0 aromatic carbocycles. The molecule has 0 fully saturated rings. The normalized spacial score (nSPS) is 16.1. The van der Waals surface area contributed by atoms with Crippen molar-refractivity contribution in [2.24, 2.45) is 5.92 Å². The van der Waals surface area contributed by atoms with Gasteiger partial charge < -0.3 is 21.3 Å². The zero-order chi connectivity index (χ0) is 13.3. The van der Waals surface area contributed by atoms with Gasteiger partial charge in [-0.15, -0.1) is 0 Å². The smallest absolute Gasteiger partial charge is 0.691 e. The third kappa shape index (κ3) is 14.0. The number of hydrogen-bond acceptors (Lipinski definition) is 4. The molecular weight excluding hydrogens is 337 g/mol. The molecule has 0 saturated heterocycles. The Morgan fingerprint density at radius 1 is 1.17 bits per heavy atom. The first-order valence-electron chi connectivity index (χ1n) is 6.51. The fourth-order valence-electron chi connectivity index (χ4n) is 1.33. The molecule has 0 spiro atoms. The van der Waals surface area contributed by atoms with Crippen LogP contribution in [-0.4, -0.2) is 12.7 Å². The molecule has 0 aliphatic carbocycles. The first-order chi connectivity index (χ1) is 7.87. The van der Waals surface area contributed by atoms with Gasteiger partial charge in [0, 0.05) is 0 Å². The van der Waals surface area contributed by atoms with E-state index in [1.165, 1.54) is 19.3 Å². The van der Waals surface area contributed by atoms with E-state index in [1.807, 2.05) is 6.92 Å². The maximum absolute atomic E-state index is 5.55. The molecule has 0 rings (SSSR count). The Labute approximate surface area is 136 Å². The van der Waals surface area contributed by atoms with Gasteiger partial charge in [0.2, 0.25) is 0 Å². The number of hydrogen-bond donors (Lipinski definition) is 0. The molecular formula is C12H26O2PS2Zn+. The summed E-state index contributed by atoms with van der Waals surface area (Å²) in [5.74, 6) is 0.786. The van der Waals surface area contributed by atoms with Gasteiger partial charge >= 0.3 is 19.5 Å². The standard InChI is InChI=1S/C12H27O2PS2.Zn/c1-5-12(4)14-15(16,17)13-10-8-6-7-9-11(2)3;/h11-12H,5-10H2,1-4H3,(H,16,17);/q;+2/p-1. The van der Waals surface area contributed by atoms with E-state index < -0.39 is 5.69 Å². The predicted octanol–water partition coefficient (Wildman–Crippen LogP) is 4.80. The van der Waals surface area contributed by atoms with Gasteiger partial charge in [-0.2, -0.15) is 0 Å². The zero-order valence-corrected chi connectivity index (χ0v) is 17.7. The van der Waals surface area contributed by atoms with Gasteiger partial charge in [-0.05, 0) is 25.7 Å². The van der Waals surface area contributed by atoms with E-state index in [4.69, 9.17) is 33.1 Å². The molecule has 0 heterocycles. The molecule has 2 atom stereocenters. The molecule has 0 saturated carbocycles. The first-order valence-corrected chi connectivity index (χ1v) is 10.2. The van der Waals surface area contributed by atoms with E-state index in [0.29, 0.717) is 6.61 Å². The molecule has 0 bridgehead atoms. The van der Waals surface area contributed by atoms with Crippen molar-refractivity contribution >= 4 is 29.7 Å². The van der Waals surface area contributed by atoms with Crippen LogP contribution in [0.3, 0.4) is 0 Å². The van der Waals surface area contributed by atoms with Crippen molar-refractivity contribution in [3.63, 3.8) is 0 Å². The van der Waals surface area contributed by atoms with E-state index in [2.05, 4.69) is 20.8 Å². The van der Waals surface area contributed by atoms with Gasteiger partial charge in [0.15, 0.2) is 0 Å². The van der Waals surface area contributed by atoms with Crippen LogP contribution < -0.4 is 0 Å². The molecule has 0 aliphatic rings. The van der Waals surface area contributed by atoms with Crippen molar-refractivity contribution in [1.82, 2.24) is 0 Å². The summed E-state index contributed by atoms with van der Waals surface area (Å²) in [6.07, 6.45) is 5.79. The van der Waals surface area contributed by atoms with Crippen LogP contribution in [0.15, 0.2) is 0 Å². The molecule has 0 aromatic heterocycles. The minimum atomic E-state index is -2.42. The van der Waals surface area contributed by atoms with Gasteiger partial charge in [0.25, 0.3) is 0 Å². The van der Waals surface area contributed by atoms with Crippen molar-refractivity contribution in [1.29, 1.82) is 0 Å². The third-order valence-electron chi connectivity index (χ3n) is 2.56. The van der Waals surface area contributed by atoms with E-state index in [-0.39, 0.29) is 25.6 Å². The van der Waals surface area contributed by atoms with Crippen LogP contribution in [0, 0.1) is 5.92 Å². The Hall–Kier alpha value is 1.54. The topological polar surface area (TPSA) is 18.5 Å². The molecule has 0 aromatic rings. The Kier molecular flexibility index (Phi) is 14.9. The maximum Gasteiger partial charge on any atom is 2.00 e. The van der Waals surface area contributed by atoms with Gasteiger partial charge in [-0.3, -0.25) is 0 Å². The Bertz CT molecular complexity index is 240. The van der Waals surface area contributed by atoms with E-state index >= 15 is 0 Å². The fourth-order valence-corrected chi connectivity index (χ4v) is 3.67. The van der Waals surface area contributed by atoms with Crippen molar-refractivity contribution in [2.45, 2.75) is 65.9 Å². The second-order valence-corrected chi connectivity index (χ2v) is 9.79. The molecule has 2 unspecified atom stereocenters. The quantitative estimate of drug-likeness (QED) is 0.240.